The molecule has 0 aliphatic carbocycles. The molecule has 0 radical (unpaired) electrons. The molecule has 8 heteroatoms. The van der Waals surface area contributed by atoms with Crippen molar-refractivity contribution in [1.82, 2.24) is 0 Å². The average Bonchev–Trinajstić information content (AvgIpc) is 2.70. The Morgan fingerprint density at radius 3 is 2.41 bits per heavy atom. The zero-order valence-corrected chi connectivity index (χ0v) is 15.6. The molecule has 134 valence electrons. The van der Waals surface area contributed by atoms with Gasteiger partial charge in [0.15, 0.2) is 0 Å². The first kappa shape index (κ1) is 18.4. The second-order valence-electron chi connectivity index (χ2n) is 5.40. The maximum Gasteiger partial charge on any atom is 0.270 e. The lowest BCUT2D eigenvalue weighted by atomic mass is 10.2. The van der Waals surface area contributed by atoms with Gasteiger partial charge < -0.3 is 0 Å². The van der Waals surface area contributed by atoms with Crippen molar-refractivity contribution in [1.29, 1.82) is 0 Å². The van der Waals surface area contributed by atoms with Crippen molar-refractivity contribution in [2.75, 3.05) is 5.43 Å². The SMILES string of the molecule is O=[N+]([O-])c1cccc(C(N=Nc2ccc(Br)cc2)=NNc2ccccc2)c1. The molecule has 27 heavy (non-hydrogen) atoms. The lowest BCUT2D eigenvalue weighted by Crippen LogP contribution is -2.02. The van der Waals surface area contributed by atoms with Gasteiger partial charge in [-0.1, -0.05) is 46.3 Å². The Morgan fingerprint density at radius 1 is 0.963 bits per heavy atom. The first-order chi connectivity index (χ1) is 13.1. The summed E-state index contributed by atoms with van der Waals surface area (Å²) in [6, 6.07) is 22.7. The Balaban J connectivity index is 1.94. The number of anilines is 1. The van der Waals surface area contributed by atoms with Crippen molar-refractivity contribution in [2.24, 2.45) is 15.3 Å². The Morgan fingerprint density at radius 2 is 1.70 bits per heavy atom. The standard InChI is InChI=1S/C19H14BrN5O2/c20-15-9-11-17(12-10-15)22-24-19(23-21-16-6-2-1-3-7-16)14-5-4-8-18(13-14)25(26)27/h1-13,21H. The summed E-state index contributed by atoms with van der Waals surface area (Å²) in [7, 11) is 0. The lowest BCUT2D eigenvalue weighted by molar-refractivity contribution is -0.384. The highest BCUT2D eigenvalue weighted by Gasteiger charge is 2.10. The summed E-state index contributed by atoms with van der Waals surface area (Å²) in [4.78, 5) is 10.6. The molecule has 1 N–H and O–H groups in total. The van der Waals surface area contributed by atoms with Crippen molar-refractivity contribution in [3.8, 4) is 0 Å². The number of nitro groups is 1. The number of hydrazone groups is 1. The number of hydrogen-bond donors (Lipinski definition) is 1. The lowest BCUT2D eigenvalue weighted by Gasteiger charge is -2.03. The minimum atomic E-state index is -0.461. The van der Waals surface area contributed by atoms with Gasteiger partial charge in [0.05, 0.1) is 16.3 Å². The predicted molar refractivity (Wildman–Crippen MR) is 108 cm³/mol. The van der Waals surface area contributed by atoms with E-state index in [0.717, 1.165) is 10.2 Å². The fourth-order valence-electron chi connectivity index (χ4n) is 2.15. The zero-order chi connectivity index (χ0) is 19.1. The number of nitrogens with one attached hydrogen (secondary N) is 1. The number of rotatable bonds is 5. The van der Waals surface area contributed by atoms with Crippen LogP contribution in [-0.4, -0.2) is 10.8 Å². The third kappa shape index (κ3) is 5.29. The van der Waals surface area contributed by atoms with Crippen LogP contribution in [0, 0.1) is 10.1 Å². The van der Waals surface area contributed by atoms with Crippen molar-refractivity contribution < 1.29 is 4.92 Å². The average molecular weight is 424 g/mol. The minimum Gasteiger partial charge on any atom is -0.276 e. The first-order valence-corrected chi connectivity index (χ1v) is 8.72. The van der Waals surface area contributed by atoms with Gasteiger partial charge in [-0.3, -0.25) is 15.5 Å². The van der Waals surface area contributed by atoms with E-state index in [4.69, 9.17) is 0 Å². The molecule has 0 saturated carbocycles. The first-order valence-electron chi connectivity index (χ1n) is 7.93. The molecule has 0 fully saturated rings. The molecule has 0 aliphatic rings. The molecular weight excluding hydrogens is 410 g/mol. The molecule has 0 heterocycles. The predicted octanol–water partition coefficient (Wildman–Crippen LogP) is 5.91. The highest BCUT2D eigenvalue weighted by molar-refractivity contribution is 9.10. The quantitative estimate of drug-likeness (QED) is 0.181. The van der Waals surface area contributed by atoms with Crippen LogP contribution in [0.3, 0.4) is 0 Å². The Hall–Kier alpha value is -3.39. The molecule has 0 amide bonds. The number of hydrogen-bond acceptors (Lipinski definition) is 5. The molecule has 3 aromatic carbocycles. The number of non-ortho nitro benzene ring substituents is 1. The van der Waals surface area contributed by atoms with Crippen LogP contribution in [-0.2, 0) is 0 Å². The monoisotopic (exact) mass is 423 g/mol. The van der Waals surface area contributed by atoms with Gasteiger partial charge in [0.2, 0.25) is 5.84 Å². The molecule has 0 saturated heterocycles. The Bertz CT molecular complexity index is 988. The van der Waals surface area contributed by atoms with Gasteiger partial charge in [-0.25, -0.2) is 0 Å². The maximum atomic E-state index is 11.1. The van der Waals surface area contributed by atoms with Crippen LogP contribution in [0.4, 0.5) is 17.1 Å². The van der Waals surface area contributed by atoms with Crippen LogP contribution in [0.15, 0.2) is 98.7 Å². The molecule has 0 atom stereocenters. The van der Waals surface area contributed by atoms with E-state index >= 15 is 0 Å². The van der Waals surface area contributed by atoms with Crippen LogP contribution >= 0.6 is 15.9 Å². The van der Waals surface area contributed by atoms with Gasteiger partial charge in [-0.15, -0.1) is 10.2 Å². The minimum absolute atomic E-state index is 0.0428. The highest BCUT2D eigenvalue weighted by Crippen LogP contribution is 2.19. The smallest absolute Gasteiger partial charge is 0.270 e. The van der Waals surface area contributed by atoms with E-state index in [1.54, 1.807) is 24.3 Å². The van der Waals surface area contributed by atoms with Crippen molar-refractivity contribution in [3.05, 3.63) is 99.0 Å². The fraction of sp³-hybridized carbons (Fsp3) is 0. The van der Waals surface area contributed by atoms with E-state index in [9.17, 15) is 10.1 Å². The van der Waals surface area contributed by atoms with E-state index < -0.39 is 4.92 Å². The number of azo groups is 1. The van der Waals surface area contributed by atoms with Gasteiger partial charge >= 0.3 is 0 Å². The Kier molecular flexibility index (Phi) is 6.01. The van der Waals surface area contributed by atoms with Crippen molar-refractivity contribution in [3.63, 3.8) is 0 Å². The highest BCUT2D eigenvalue weighted by atomic mass is 79.9. The fourth-order valence-corrected chi connectivity index (χ4v) is 2.41. The molecule has 0 unspecified atom stereocenters. The maximum absolute atomic E-state index is 11.1. The van der Waals surface area contributed by atoms with Crippen LogP contribution in [0.5, 0.6) is 0 Å². The summed E-state index contributed by atoms with van der Waals surface area (Å²) in [5, 5.41) is 23.7. The second-order valence-corrected chi connectivity index (χ2v) is 6.31. The van der Waals surface area contributed by atoms with Crippen molar-refractivity contribution >= 4 is 38.8 Å². The molecular formula is C19H14BrN5O2. The van der Waals surface area contributed by atoms with Crippen LogP contribution in [0.25, 0.3) is 0 Å². The molecule has 3 rings (SSSR count). The summed E-state index contributed by atoms with van der Waals surface area (Å²) < 4.78 is 0.930. The largest absolute Gasteiger partial charge is 0.276 e. The number of nitrogens with zero attached hydrogens (tertiary/aromatic N) is 4. The molecule has 7 nitrogen and oxygen atoms in total. The van der Waals surface area contributed by atoms with Gasteiger partial charge in [0.1, 0.15) is 0 Å². The topological polar surface area (TPSA) is 92.2 Å². The summed E-state index contributed by atoms with van der Waals surface area (Å²) in [5.41, 5.74) is 4.73. The number of amidine groups is 1. The molecule has 0 aliphatic heterocycles. The van der Waals surface area contributed by atoms with Gasteiger partial charge in [0.25, 0.3) is 5.69 Å². The molecule has 0 spiro atoms. The van der Waals surface area contributed by atoms with Crippen LogP contribution < -0.4 is 5.43 Å². The molecule has 3 aromatic rings. The van der Waals surface area contributed by atoms with Crippen molar-refractivity contribution in [2.45, 2.75) is 0 Å². The van der Waals surface area contributed by atoms with Gasteiger partial charge in [-0.2, -0.15) is 5.10 Å². The number of halogens is 1. The van der Waals surface area contributed by atoms with E-state index in [2.05, 4.69) is 36.7 Å². The normalized spacial score (nSPS) is 11.5. The van der Waals surface area contributed by atoms with Gasteiger partial charge in [0, 0.05) is 22.2 Å². The summed E-state index contributed by atoms with van der Waals surface area (Å²) in [6.07, 6.45) is 0. The van der Waals surface area contributed by atoms with Crippen LogP contribution in [0.1, 0.15) is 5.56 Å². The number of benzene rings is 3. The summed E-state index contributed by atoms with van der Waals surface area (Å²) in [6.45, 7) is 0. The van der Waals surface area contributed by atoms with Crippen LogP contribution in [0.2, 0.25) is 0 Å². The third-order valence-electron chi connectivity index (χ3n) is 3.47. The summed E-state index contributed by atoms with van der Waals surface area (Å²) in [5.74, 6) is 0.227. The van der Waals surface area contributed by atoms with E-state index in [1.807, 2.05) is 42.5 Å². The van der Waals surface area contributed by atoms with Gasteiger partial charge in [-0.05, 0) is 36.4 Å². The third-order valence-corrected chi connectivity index (χ3v) is 4.00. The summed E-state index contributed by atoms with van der Waals surface area (Å²) >= 11 is 3.36. The van der Waals surface area contributed by atoms with E-state index in [0.29, 0.717) is 11.3 Å². The number of para-hydroxylation sites is 1. The Labute approximate surface area is 163 Å². The number of nitro benzene ring substituents is 1. The van der Waals surface area contributed by atoms with E-state index in [1.165, 1.54) is 12.1 Å². The second kappa shape index (κ2) is 8.81. The molecule has 0 aromatic heterocycles. The zero-order valence-electron chi connectivity index (χ0n) is 14.0. The van der Waals surface area contributed by atoms with E-state index in [-0.39, 0.29) is 11.5 Å². The molecule has 0 bridgehead atoms.